The predicted molar refractivity (Wildman–Crippen MR) is 98.3 cm³/mol. The van der Waals surface area contributed by atoms with Gasteiger partial charge in [-0.2, -0.15) is 0 Å². The molecule has 3 rings (SSSR count). The van der Waals surface area contributed by atoms with Gasteiger partial charge in [0.25, 0.3) is 5.91 Å². The highest BCUT2D eigenvalue weighted by atomic mass is 35.5. The first-order valence-electron chi connectivity index (χ1n) is 7.15. The van der Waals surface area contributed by atoms with Gasteiger partial charge >= 0.3 is 5.97 Å². The summed E-state index contributed by atoms with van der Waals surface area (Å²) >= 11 is 13.5. The van der Waals surface area contributed by atoms with Crippen molar-refractivity contribution >= 4 is 57.1 Å². The molecule has 0 unspecified atom stereocenters. The number of esters is 1. The Labute approximate surface area is 157 Å². The van der Waals surface area contributed by atoms with Gasteiger partial charge in [-0.1, -0.05) is 23.2 Å². The lowest BCUT2D eigenvalue weighted by atomic mass is 10.2. The van der Waals surface area contributed by atoms with Gasteiger partial charge in [-0.25, -0.2) is 9.78 Å². The largest absolute Gasteiger partial charge is 0.465 e. The highest BCUT2D eigenvalue weighted by Crippen LogP contribution is 2.30. The van der Waals surface area contributed by atoms with Crippen molar-refractivity contribution in [2.45, 2.75) is 13.8 Å². The fraction of sp³-hybridized carbons (Fsp3) is 0.188. The molecule has 0 bridgehead atoms. The molecule has 0 radical (unpaired) electrons. The molecule has 1 N–H and O–H groups in total. The average molecular weight is 398 g/mol. The number of fused-ring (bicyclic) bond motifs is 1. The van der Waals surface area contributed by atoms with E-state index in [4.69, 9.17) is 27.9 Å². The van der Waals surface area contributed by atoms with Gasteiger partial charge in [-0.05, 0) is 26.0 Å². The van der Waals surface area contributed by atoms with Gasteiger partial charge in [0.05, 0.1) is 28.4 Å². The van der Waals surface area contributed by atoms with E-state index >= 15 is 0 Å². The van der Waals surface area contributed by atoms with Gasteiger partial charge in [0.1, 0.15) is 10.7 Å². The fourth-order valence-corrected chi connectivity index (χ4v) is 3.90. The van der Waals surface area contributed by atoms with E-state index in [0.717, 1.165) is 4.88 Å². The molecule has 0 aliphatic heterocycles. The first-order valence-corrected chi connectivity index (χ1v) is 8.73. The number of imidazole rings is 1. The Hall–Kier alpha value is -2.09. The lowest BCUT2D eigenvalue weighted by Crippen LogP contribution is -2.16. The van der Waals surface area contributed by atoms with Crippen molar-refractivity contribution < 1.29 is 14.3 Å². The number of rotatable bonds is 3. The fourth-order valence-electron chi connectivity index (χ4n) is 2.49. The first kappa shape index (κ1) is 17.7. The van der Waals surface area contributed by atoms with Crippen molar-refractivity contribution in [3.05, 3.63) is 50.2 Å². The van der Waals surface area contributed by atoms with Crippen LogP contribution in [0.3, 0.4) is 0 Å². The third-order valence-corrected chi connectivity index (χ3v) is 4.97. The first-order chi connectivity index (χ1) is 11.8. The number of aromatic nitrogens is 2. The van der Waals surface area contributed by atoms with Gasteiger partial charge < -0.3 is 10.1 Å². The number of pyridine rings is 1. The summed E-state index contributed by atoms with van der Waals surface area (Å²) in [4.78, 5) is 29.9. The van der Waals surface area contributed by atoms with Crippen molar-refractivity contribution in [1.82, 2.24) is 9.38 Å². The maximum absolute atomic E-state index is 12.8. The zero-order valence-corrected chi connectivity index (χ0v) is 15.8. The number of nitrogens with zero attached hydrogens (tertiary/aromatic N) is 2. The summed E-state index contributed by atoms with van der Waals surface area (Å²) in [6.07, 6.45) is 1.57. The lowest BCUT2D eigenvalue weighted by Gasteiger charge is -2.07. The highest BCUT2D eigenvalue weighted by Gasteiger charge is 2.22. The highest BCUT2D eigenvalue weighted by molar-refractivity contribution is 7.16. The van der Waals surface area contributed by atoms with Crippen LogP contribution in [0.4, 0.5) is 5.00 Å². The van der Waals surface area contributed by atoms with E-state index in [1.807, 2.05) is 6.92 Å². The molecule has 0 aliphatic carbocycles. The summed E-state index contributed by atoms with van der Waals surface area (Å²) in [5.74, 6) is -0.934. The van der Waals surface area contributed by atoms with Gasteiger partial charge in [-0.15, -0.1) is 11.3 Å². The van der Waals surface area contributed by atoms with Gasteiger partial charge in [0, 0.05) is 11.1 Å². The van der Waals surface area contributed by atoms with Crippen molar-refractivity contribution in [2.75, 3.05) is 12.4 Å². The summed E-state index contributed by atoms with van der Waals surface area (Å²) in [7, 11) is 1.29. The Balaban J connectivity index is 2.05. The Bertz CT molecular complexity index is 1010. The van der Waals surface area contributed by atoms with Crippen LogP contribution in [0.5, 0.6) is 0 Å². The predicted octanol–water partition coefficient (Wildman–Crippen LogP) is 4.36. The summed E-state index contributed by atoms with van der Waals surface area (Å²) in [6, 6.07) is 3.23. The van der Waals surface area contributed by atoms with E-state index in [1.54, 1.807) is 25.3 Å². The molecular formula is C16H13Cl2N3O3S. The number of hydrogen-bond acceptors (Lipinski definition) is 5. The van der Waals surface area contributed by atoms with Crippen molar-refractivity contribution in [3.8, 4) is 0 Å². The van der Waals surface area contributed by atoms with Gasteiger partial charge in [0.2, 0.25) is 0 Å². The molecule has 3 aromatic heterocycles. The summed E-state index contributed by atoms with van der Waals surface area (Å²) in [5, 5.41) is 3.89. The quantitative estimate of drug-likeness (QED) is 0.666. The van der Waals surface area contributed by atoms with E-state index in [9.17, 15) is 9.59 Å². The number of carbonyl (C=O) groups excluding carboxylic acids is 2. The Morgan fingerprint density at radius 3 is 2.68 bits per heavy atom. The summed E-state index contributed by atoms with van der Waals surface area (Å²) in [6.45, 7) is 3.54. The SMILES string of the molecule is COC(=O)c1cc(C)sc1NC(=O)c1c(C)nc2c(Cl)cc(Cl)cn12. The Kier molecular flexibility index (Phi) is 4.73. The van der Waals surface area contributed by atoms with Crippen LogP contribution in [0.1, 0.15) is 31.4 Å². The number of halogens is 2. The van der Waals surface area contributed by atoms with E-state index < -0.39 is 11.9 Å². The van der Waals surface area contributed by atoms with Crippen molar-refractivity contribution in [1.29, 1.82) is 0 Å². The minimum Gasteiger partial charge on any atom is -0.465 e. The second-order valence-electron chi connectivity index (χ2n) is 5.29. The van der Waals surface area contributed by atoms with Crippen LogP contribution in [0.2, 0.25) is 10.0 Å². The number of ether oxygens (including phenoxy) is 1. The Morgan fingerprint density at radius 2 is 2.00 bits per heavy atom. The topological polar surface area (TPSA) is 72.7 Å². The van der Waals surface area contributed by atoms with Gasteiger partial charge in [-0.3, -0.25) is 9.20 Å². The molecule has 1 amide bonds. The van der Waals surface area contributed by atoms with E-state index in [-0.39, 0.29) is 0 Å². The van der Waals surface area contributed by atoms with Crippen molar-refractivity contribution in [2.24, 2.45) is 0 Å². The second kappa shape index (κ2) is 6.67. The molecule has 0 aromatic carbocycles. The molecular weight excluding hydrogens is 385 g/mol. The number of aryl methyl sites for hydroxylation is 2. The molecule has 130 valence electrons. The summed E-state index contributed by atoms with van der Waals surface area (Å²) in [5.41, 5.74) is 1.53. The van der Waals surface area contributed by atoms with Crippen LogP contribution in [0.15, 0.2) is 18.3 Å². The van der Waals surface area contributed by atoms with E-state index in [2.05, 4.69) is 10.3 Å². The molecule has 0 spiro atoms. The minimum absolute atomic E-state index is 0.293. The van der Waals surface area contributed by atoms with Crippen LogP contribution in [0.25, 0.3) is 5.65 Å². The zero-order valence-electron chi connectivity index (χ0n) is 13.5. The maximum Gasteiger partial charge on any atom is 0.340 e. The standard InChI is InChI=1S/C16H13Cl2N3O3S/c1-7-4-10(16(23)24-3)15(25-7)20-14(22)12-8(2)19-13-11(18)5-9(17)6-21(12)13/h4-6H,1-3H3,(H,20,22). The Morgan fingerprint density at radius 1 is 1.28 bits per heavy atom. The van der Waals surface area contributed by atoms with Gasteiger partial charge in [0.15, 0.2) is 5.65 Å². The monoisotopic (exact) mass is 397 g/mol. The smallest absolute Gasteiger partial charge is 0.340 e. The average Bonchev–Trinajstić information content (AvgIpc) is 3.06. The van der Waals surface area contributed by atoms with E-state index in [0.29, 0.717) is 37.6 Å². The lowest BCUT2D eigenvalue weighted by molar-refractivity contribution is 0.0602. The van der Waals surface area contributed by atoms with Crippen LogP contribution >= 0.6 is 34.5 Å². The number of nitrogens with one attached hydrogen (secondary N) is 1. The molecule has 0 aliphatic rings. The van der Waals surface area contributed by atoms with Crippen molar-refractivity contribution in [3.63, 3.8) is 0 Å². The zero-order chi connectivity index (χ0) is 18.3. The molecule has 3 heterocycles. The van der Waals surface area contributed by atoms with Crippen LogP contribution in [-0.2, 0) is 4.74 Å². The molecule has 3 aromatic rings. The number of thiophene rings is 1. The van der Waals surface area contributed by atoms with E-state index in [1.165, 1.54) is 22.8 Å². The number of hydrogen-bond donors (Lipinski definition) is 1. The van der Waals surface area contributed by atoms with Crippen LogP contribution in [-0.4, -0.2) is 28.4 Å². The molecule has 0 saturated heterocycles. The van der Waals surface area contributed by atoms with Crippen LogP contribution in [0, 0.1) is 13.8 Å². The molecule has 6 nitrogen and oxygen atoms in total. The minimum atomic E-state index is -0.513. The normalized spacial score (nSPS) is 10.9. The number of amides is 1. The number of anilines is 1. The molecule has 0 atom stereocenters. The molecule has 0 saturated carbocycles. The molecule has 9 heteroatoms. The number of methoxy groups -OCH3 is 1. The third kappa shape index (κ3) is 3.22. The third-order valence-electron chi connectivity index (χ3n) is 3.52. The maximum atomic E-state index is 12.8. The summed E-state index contributed by atoms with van der Waals surface area (Å²) < 4.78 is 6.29. The second-order valence-corrected chi connectivity index (χ2v) is 7.39. The van der Waals surface area contributed by atoms with Crippen LogP contribution < -0.4 is 5.32 Å². The molecule has 0 fully saturated rings. The molecule has 25 heavy (non-hydrogen) atoms. The number of carbonyl (C=O) groups is 2.